The van der Waals surface area contributed by atoms with Gasteiger partial charge in [-0.25, -0.2) is 13.5 Å². The van der Waals surface area contributed by atoms with Gasteiger partial charge in [-0.15, -0.1) is 0 Å². The number of aromatic nitrogens is 1. The van der Waals surface area contributed by atoms with Crippen LogP contribution in [-0.2, 0) is 20.4 Å². The average molecular weight is 400 g/mol. The second-order valence-corrected chi connectivity index (χ2v) is 8.47. The Balaban J connectivity index is 1.84. The summed E-state index contributed by atoms with van der Waals surface area (Å²) in [6, 6.07) is 14.7. The Morgan fingerprint density at radius 2 is 1.89 bits per heavy atom. The van der Waals surface area contributed by atoms with Crippen LogP contribution in [0.2, 0.25) is 0 Å². The Morgan fingerprint density at radius 1 is 1.18 bits per heavy atom. The standard InChI is InChI=1S/C20H20N2O5S/c1-27-18-8-6-16(7-9-18)20(22(24)14-23)13-28(25,26)12-15-10-17-4-2-3-5-19(17)21-11-15/h2-11,14,20,24H,12-13H2,1H3/t20-/m1/s1. The molecular formula is C20H20N2O5S. The van der Waals surface area contributed by atoms with E-state index in [1.54, 1.807) is 30.3 Å². The third-order valence-electron chi connectivity index (χ3n) is 4.37. The maximum Gasteiger partial charge on any atom is 0.233 e. The molecule has 0 spiro atoms. The zero-order chi connectivity index (χ0) is 20.1. The predicted octanol–water partition coefficient (Wildman–Crippen LogP) is 2.75. The van der Waals surface area contributed by atoms with Crippen molar-refractivity contribution in [2.45, 2.75) is 11.8 Å². The molecule has 0 aliphatic carbocycles. The van der Waals surface area contributed by atoms with E-state index in [1.807, 2.05) is 24.3 Å². The predicted molar refractivity (Wildman–Crippen MR) is 105 cm³/mol. The summed E-state index contributed by atoms with van der Waals surface area (Å²) in [6.45, 7) is 0. The number of methoxy groups -OCH3 is 1. The number of rotatable bonds is 8. The van der Waals surface area contributed by atoms with Crippen molar-refractivity contribution in [2.24, 2.45) is 0 Å². The molecule has 1 N–H and O–H groups in total. The lowest BCUT2D eigenvalue weighted by Crippen LogP contribution is -2.30. The third-order valence-corrected chi connectivity index (χ3v) is 5.97. The van der Waals surface area contributed by atoms with Gasteiger partial charge in [0.1, 0.15) is 5.75 Å². The van der Waals surface area contributed by atoms with Crippen LogP contribution in [0.25, 0.3) is 10.9 Å². The van der Waals surface area contributed by atoms with Crippen molar-refractivity contribution >= 4 is 27.2 Å². The number of hydrogen-bond acceptors (Lipinski definition) is 6. The number of amides is 1. The normalized spacial score (nSPS) is 12.5. The number of hydroxylamine groups is 2. The summed E-state index contributed by atoms with van der Waals surface area (Å²) in [6.07, 6.45) is 1.72. The van der Waals surface area contributed by atoms with Crippen molar-refractivity contribution in [1.29, 1.82) is 0 Å². The van der Waals surface area contributed by atoms with Gasteiger partial charge < -0.3 is 4.74 Å². The number of carbonyl (C=O) groups excluding carboxylic acids is 1. The molecule has 0 aliphatic heterocycles. The fourth-order valence-corrected chi connectivity index (χ4v) is 4.58. The highest BCUT2D eigenvalue weighted by Gasteiger charge is 2.26. The summed E-state index contributed by atoms with van der Waals surface area (Å²) in [5, 5.41) is 11.1. The minimum absolute atomic E-state index is 0.196. The van der Waals surface area contributed by atoms with Gasteiger partial charge in [-0.05, 0) is 35.4 Å². The summed E-state index contributed by atoms with van der Waals surface area (Å²) in [5.74, 6) is -0.0887. The zero-order valence-corrected chi connectivity index (χ0v) is 16.0. The Hall–Kier alpha value is -2.97. The molecule has 0 unspecified atom stereocenters. The number of benzene rings is 2. The molecule has 7 nitrogen and oxygen atoms in total. The molecule has 0 radical (unpaired) electrons. The largest absolute Gasteiger partial charge is 0.497 e. The summed E-state index contributed by atoms with van der Waals surface area (Å²) < 4.78 is 30.6. The molecule has 1 heterocycles. The van der Waals surface area contributed by atoms with Crippen LogP contribution in [0.4, 0.5) is 0 Å². The number of hydrogen-bond donors (Lipinski definition) is 1. The Bertz CT molecular complexity index is 1070. The topological polar surface area (TPSA) is 96.8 Å². The van der Waals surface area contributed by atoms with Gasteiger partial charge in [0, 0.05) is 11.6 Å². The number of carbonyl (C=O) groups is 1. The molecule has 28 heavy (non-hydrogen) atoms. The van der Waals surface area contributed by atoms with Crippen LogP contribution in [-0.4, -0.2) is 42.9 Å². The van der Waals surface area contributed by atoms with Crippen LogP contribution in [0, 0.1) is 0 Å². The molecule has 0 fully saturated rings. The van der Waals surface area contributed by atoms with Crippen LogP contribution in [0.3, 0.4) is 0 Å². The maximum atomic E-state index is 12.8. The second kappa shape index (κ2) is 8.37. The zero-order valence-electron chi connectivity index (χ0n) is 15.2. The Labute approximate surface area is 163 Å². The van der Waals surface area contributed by atoms with E-state index in [9.17, 15) is 18.4 Å². The molecule has 8 heteroatoms. The minimum atomic E-state index is -3.65. The van der Waals surface area contributed by atoms with E-state index < -0.39 is 21.6 Å². The van der Waals surface area contributed by atoms with E-state index >= 15 is 0 Å². The number of ether oxygens (including phenoxy) is 1. The lowest BCUT2D eigenvalue weighted by atomic mass is 10.1. The van der Waals surface area contributed by atoms with Gasteiger partial charge in [-0.2, -0.15) is 0 Å². The third kappa shape index (κ3) is 4.65. The van der Waals surface area contributed by atoms with Crippen molar-refractivity contribution in [3.8, 4) is 5.75 Å². The van der Waals surface area contributed by atoms with E-state index in [4.69, 9.17) is 4.74 Å². The van der Waals surface area contributed by atoms with E-state index in [0.717, 1.165) is 10.9 Å². The Morgan fingerprint density at radius 3 is 2.57 bits per heavy atom. The van der Waals surface area contributed by atoms with Crippen molar-refractivity contribution in [2.75, 3.05) is 12.9 Å². The minimum Gasteiger partial charge on any atom is -0.497 e. The first-order valence-corrected chi connectivity index (χ1v) is 10.3. The van der Waals surface area contributed by atoms with Crippen LogP contribution in [0.5, 0.6) is 5.75 Å². The van der Waals surface area contributed by atoms with Crippen LogP contribution >= 0.6 is 0 Å². The number of pyridine rings is 1. The molecule has 146 valence electrons. The highest BCUT2D eigenvalue weighted by atomic mass is 32.2. The van der Waals surface area contributed by atoms with Gasteiger partial charge in [0.25, 0.3) is 0 Å². The summed E-state index contributed by atoms with van der Waals surface area (Å²) in [7, 11) is -2.14. The molecule has 0 aliphatic rings. The van der Waals surface area contributed by atoms with Crippen molar-refractivity contribution in [3.05, 3.63) is 71.9 Å². The molecule has 3 aromatic rings. The average Bonchev–Trinajstić information content (AvgIpc) is 2.71. The van der Waals surface area contributed by atoms with Crippen molar-refractivity contribution < 1.29 is 23.2 Å². The van der Waals surface area contributed by atoms with E-state index in [1.165, 1.54) is 13.3 Å². The first kappa shape index (κ1) is 19.8. The van der Waals surface area contributed by atoms with Gasteiger partial charge in [0.15, 0.2) is 9.84 Å². The quantitative estimate of drug-likeness (QED) is 0.355. The smallest absolute Gasteiger partial charge is 0.233 e. The fraction of sp³-hybridized carbons (Fsp3) is 0.200. The molecule has 2 aromatic carbocycles. The Kier molecular flexibility index (Phi) is 5.91. The van der Waals surface area contributed by atoms with Crippen LogP contribution in [0.1, 0.15) is 17.2 Å². The molecule has 1 atom stereocenters. The number of fused-ring (bicyclic) bond motifs is 1. The first-order valence-electron chi connectivity index (χ1n) is 8.52. The molecule has 1 aromatic heterocycles. The van der Waals surface area contributed by atoms with E-state index in [2.05, 4.69) is 4.98 Å². The highest BCUT2D eigenvalue weighted by Crippen LogP contribution is 2.24. The van der Waals surface area contributed by atoms with Crippen molar-refractivity contribution in [1.82, 2.24) is 10.0 Å². The van der Waals surface area contributed by atoms with Gasteiger partial charge in [-0.3, -0.25) is 15.0 Å². The molecule has 0 saturated heterocycles. The number of sulfone groups is 1. The fourth-order valence-electron chi connectivity index (χ4n) is 2.97. The monoisotopic (exact) mass is 400 g/mol. The lowest BCUT2D eigenvalue weighted by Gasteiger charge is -2.23. The molecule has 0 bridgehead atoms. The maximum absolute atomic E-state index is 12.8. The SMILES string of the molecule is COc1ccc([C@@H](CS(=O)(=O)Cc2cnc3ccccc3c2)N(O)C=O)cc1. The molecule has 1 amide bonds. The van der Waals surface area contributed by atoms with Gasteiger partial charge in [0.05, 0.1) is 30.2 Å². The number of para-hydroxylation sites is 1. The second-order valence-electron chi connectivity index (χ2n) is 6.37. The van der Waals surface area contributed by atoms with E-state index in [0.29, 0.717) is 21.9 Å². The lowest BCUT2D eigenvalue weighted by molar-refractivity contribution is -0.158. The van der Waals surface area contributed by atoms with E-state index in [-0.39, 0.29) is 12.2 Å². The molecular weight excluding hydrogens is 380 g/mol. The summed E-state index contributed by atoms with van der Waals surface area (Å²) >= 11 is 0. The van der Waals surface area contributed by atoms with Gasteiger partial charge in [0.2, 0.25) is 6.41 Å². The first-order chi connectivity index (χ1) is 13.4. The highest BCUT2D eigenvalue weighted by molar-refractivity contribution is 7.90. The van der Waals surface area contributed by atoms with Crippen molar-refractivity contribution in [3.63, 3.8) is 0 Å². The van der Waals surface area contributed by atoms with Gasteiger partial charge >= 0.3 is 0 Å². The molecule has 3 rings (SSSR count). The van der Waals surface area contributed by atoms with Crippen LogP contribution < -0.4 is 4.74 Å². The van der Waals surface area contributed by atoms with Gasteiger partial charge in [-0.1, -0.05) is 30.3 Å². The summed E-state index contributed by atoms with van der Waals surface area (Å²) in [5.41, 5.74) is 1.81. The molecule has 0 saturated carbocycles. The van der Waals surface area contributed by atoms with Crippen LogP contribution in [0.15, 0.2) is 60.8 Å². The number of nitrogens with zero attached hydrogens (tertiary/aromatic N) is 2. The summed E-state index contributed by atoms with van der Waals surface area (Å²) in [4.78, 5) is 15.4.